The Labute approximate surface area is 94.9 Å². The number of rotatable bonds is 5. The van der Waals surface area contributed by atoms with Crippen molar-refractivity contribution in [3.05, 3.63) is 24.3 Å². The van der Waals surface area contributed by atoms with E-state index in [9.17, 15) is 0 Å². The van der Waals surface area contributed by atoms with E-state index in [4.69, 9.17) is 15.7 Å². The van der Waals surface area contributed by atoms with Gasteiger partial charge in [0.15, 0.2) is 0 Å². The van der Waals surface area contributed by atoms with Gasteiger partial charge in [-0.3, -0.25) is 0 Å². The van der Waals surface area contributed by atoms with Crippen LogP contribution in [0.4, 0.5) is 5.69 Å². The molecule has 1 aromatic carbocycles. The summed E-state index contributed by atoms with van der Waals surface area (Å²) >= 11 is 0. The number of methoxy groups -OCH3 is 1. The molecule has 0 radical (unpaired) electrons. The third-order valence-corrected chi connectivity index (χ3v) is 2.30. The van der Waals surface area contributed by atoms with E-state index >= 15 is 0 Å². The number of amidine groups is 1. The van der Waals surface area contributed by atoms with Gasteiger partial charge in [-0.1, -0.05) is 18.1 Å². The smallest absolute Gasteiger partial charge is 0.143 e. The van der Waals surface area contributed by atoms with Gasteiger partial charge in [0.1, 0.15) is 11.6 Å². The molecule has 0 saturated heterocycles. The lowest BCUT2D eigenvalue weighted by Crippen LogP contribution is -2.27. The fraction of sp³-hybridized carbons (Fsp3) is 0.364. The first-order chi connectivity index (χ1) is 7.67. The number of oxime groups is 1. The van der Waals surface area contributed by atoms with E-state index in [2.05, 4.69) is 10.5 Å². The first-order valence-corrected chi connectivity index (χ1v) is 5.02. The predicted molar refractivity (Wildman–Crippen MR) is 64.1 cm³/mol. The van der Waals surface area contributed by atoms with Crippen LogP contribution in [0.3, 0.4) is 0 Å². The Kier molecular flexibility index (Phi) is 4.44. The van der Waals surface area contributed by atoms with Crippen molar-refractivity contribution in [1.82, 2.24) is 0 Å². The molecule has 0 heterocycles. The van der Waals surface area contributed by atoms with Gasteiger partial charge < -0.3 is 21.0 Å². The number of benzene rings is 1. The Morgan fingerprint density at radius 3 is 3.00 bits per heavy atom. The minimum atomic E-state index is -0.0313. The van der Waals surface area contributed by atoms with Crippen molar-refractivity contribution < 1.29 is 9.94 Å². The number of hydrogen-bond donors (Lipinski definition) is 3. The van der Waals surface area contributed by atoms with Gasteiger partial charge in [-0.25, -0.2) is 0 Å². The minimum Gasteiger partial charge on any atom is -0.497 e. The van der Waals surface area contributed by atoms with Gasteiger partial charge >= 0.3 is 0 Å². The maximum atomic E-state index is 8.50. The summed E-state index contributed by atoms with van der Waals surface area (Å²) in [4.78, 5) is 0. The van der Waals surface area contributed by atoms with E-state index in [0.29, 0.717) is 6.54 Å². The van der Waals surface area contributed by atoms with Gasteiger partial charge in [-0.15, -0.1) is 0 Å². The third kappa shape index (κ3) is 3.34. The van der Waals surface area contributed by atoms with Crippen molar-refractivity contribution in [2.24, 2.45) is 16.8 Å². The van der Waals surface area contributed by atoms with Crippen LogP contribution in [0.15, 0.2) is 29.4 Å². The molecular formula is C11H17N3O2. The summed E-state index contributed by atoms with van der Waals surface area (Å²) in [6.45, 7) is 2.48. The molecule has 0 aliphatic rings. The van der Waals surface area contributed by atoms with Crippen molar-refractivity contribution >= 4 is 11.5 Å². The average Bonchev–Trinajstić information content (AvgIpc) is 2.35. The number of nitrogens with one attached hydrogen (secondary N) is 1. The Morgan fingerprint density at radius 1 is 1.62 bits per heavy atom. The molecule has 0 bridgehead atoms. The lowest BCUT2D eigenvalue weighted by Gasteiger charge is -2.12. The summed E-state index contributed by atoms with van der Waals surface area (Å²) in [5.41, 5.74) is 6.41. The van der Waals surface area contributed by atoms with Gasteiger partial charge in [0.2, 0.25) is 0 Å². The van der Waals surface area contributed by atoms with Crippen molar-refractivity contribution in [3.63, 3.8) is 0 Å². The highest BCUT2D eigenvalue weighted by Crippen LogP contribution is 2.16. The standard InChI is InChI=1S/C11H17N3O2/c1-8(11(12)14-15)7-13-9-4-3-5-10(6-9)16-2/h3-6,8,13,15H,7H2,1-2H3,(H2,12,14). The maximum Gasteiger partial charge on any atom is 0.143 e. The topological polar surface area (TPSA) is 79.9 Å². The normalized spacial score (nSPS) is 13.2. The molecule has 1 atom stereocenters. The van der Waals surface area contributed by atoms with E-state index in [-0.39, 0.29) is 11.8 Å². The molecule has 5 nitrogen and oxygen atoms in total. The number of ether oxygens (including phenoxy) is 1. The van der Waals surface area contributed by atoms with Crippen molar-refractivity contribution in [1.29, 1.82) is 0 Å². The van der Waals surface area contributed by atoms with E-state index in [1.807, 2.05) is 31.2 Å². The second kappa shape index (κ2) is 5.85. The molecule has 0 aliphatic heterocycles. The number of hydrogen-bond acceptors (Lipinski definition) is 4. The molecule has 88 valence electrons. The Bertz CT molecular complexity index is 366. The van der Waals surface area contributed by atoms with Crippen molar-refractivity contribution in [2.75, 3.05) is 19.0 Å². The molecule has 5 heteroatoms. The molecule has 0 aromatic heterocycles. The summed E-state index contributed by atoms with van der Waals surface area (Å²) in [6, 6.07) is 7.59. The second-order valence-corrected chi connectivity index (χ2v) is 3.54. The molecule has 1 unspecified atom stereocenters. The molecule has 1 aromatic rings. The van der Waals surface area contributed by atoms with Gasteiger partial charge in [0.05, 0.1) is 7.11 Å². The van der Waals surface area contributed by atoms with Crippen LogP contribution in [0, 0.1) is 5.92 Å². The van der Waals surface area contributed by atoms with Crippen LogP contribution in [0.1, 0.15) is 6.92 Å². The molecular weight excluding hydrogens is 206 g/mol. The van der Waals surface area contributed by atoms with E-state index in [1.54, 1.807) is 7.11 Å². The van der Waals surface area contributed by atoms with E-state index in [0.717, 1.165) is 11.4 Å². The number of nitrogens with two attached hydrogens (primary N) is 1. The first-order valence-electron chi connectivity index (χ1n) is 5.02. The van der Waals surface area contributed by atoms with Crippen LogP contribution in [-0.2, 0) is 0 Å². The molecule has 1 rings (SSSR count). The average molecular weight is 223 g/mol. The zero-order chi connectivity index (χ0) is 12.0. The van der Waals surface area contributed by atoms with Crippen molar-refractivity contribution in [2.45, 2.75) is 6.92 Å². The van der Waals surface area contributed by atoms with Gasteiger partial charge in [-0.05, 0) is 12.1 Å². The van der Waals surface area contributed by atoms with Crippen LogP contribution in [0.2, 0.25) is 0 Å². The summed E-state index contributed by atoms with van der Waals surface area (Å²) in [6.07, 6.45) is 0. The lowest BCUT2D eigenvalue weighted by molar-refractivity contribution is 0.315. The van der Waals surface area contributed by atoms with E-state index in [1.165, 1.54) is 0 Å². The number of nitrogens with zero attached hydrogens (tertiary/aromatic N) is 1. The highest BCUT2D eigenvalue weighted by molar-refractivity contribution is 5.82. The predicted octanol–water partition coefficient (Wildman–Crippen LogP) is 1.49. The zero-order valence-corrected chi connectivity index (χ0v) is 9.47. The number of anilines is 1. The third-order valence-electron chi connectivity index (χ3n) is 2.30. The molecule has 0 aliphatic carbocycles. The quantitative estimate of drug-likeness (QED) is 0.306. The van der Waals surface area contributed by atoms with Crippen LogP contribution < -0.4 is 15.8 Å². The summed E-state index contributed by atoms with van der Waals surface area (Å²) in [7, 11) is 1.62. The molecule has 4 N–H and O–H groups in total. The Hall–Kier alpha value is -1.91. The van der Waals surface area contributed by atoms with Gasteiger partial charge in [0.25, 0.3) is 0 Å². The fourth-order valence-corrected chi connectivity index (χ4v) is 1.21. The SMILES string of the molecule is COc1cccc(NCC(C)C(N)=NO)c1. The Morgan fingerprint density at radius 2 is 2.38 bits per heavy atom. The maximum absolute atomic E-state index is 8.50. The van der Waals surface area contributed by atoms with Gasteiger partial charge in [0, 0.05) is 24.2 Å². The molecule has 16 heavy (non-hydrogen) atoms. The monoisotopic (exact) mass is 223 g/mol. The summed E-state index contributed by atoms with van der Waals surface area (Å²) in [5.74, 6) is 0.980. The molecule has 0 amide bonds. The fourth-order valence-electron chi connectivity index (χ4n) is 1.21. The summed E-state index contributed by atoms with van der Waals surface area (Å²) < 4.78 is 5.10. The minimum absolute atomic E-state index is 0.0313. The van der Waals surface area contributed by atoms with Crippen LogP contribution in [-0.4, -0.2) is 24.7 Å². The highest BCUT2D eigenvalue weighted by Gasteiger charge is 2.06. The summed E-state index contributed by atoms with van der Waals surface area (Å²) in [5, 5.41) is 14.6. The van der Waals surface area contributed by atoms with E-state index < -0.39 is 0 Å². The van der Waals surface area contributed by atoms with Gasteiger partial charge in [-0.2, -0.15) is 0 Å². The molecule has 0 spiro atoms. The van der Waals surface area contributed by atoms with Crippen LogP contribution >= 0.6 is 0 Å². The Balaban J connectivity index is 2.54. The lowest BCUT2D eigenvalue weighted by atomic mass is 10.1. The molecule has 0 saturated carbocycles. The molecule has 0 fully saturated rings. The highest BCUT2D eigenvalue weighted by atomic mass is 16.5. The zero-order valence-electron chi connectivity index (χ0n) is 9.47. The second-order valence-electron chi connectivity index (χ2n) is 3.54. The first kappa shape index (κ1) is 12.2. The largest absolute Gasteiger partial charge is 0.497 e. The van der Waals surface area contributed by atoms with Crippen LogP contribution in [0.25, 0.3) is 0 Å². The van der Waals surface area contributed by atoms with Crippen LogP contribution in [0.5, 0.6) is 5.75 Å². The van der Waals surface area contributed by atoms with Crippen molar-refractivity contribution in [3.8, 4) is 5.75 Å².